The van der Waals surface area contributed by atoms with Crippen LogP contribution in [0.3, 0.4) is 0 Å². The lowest BCUT2D eigenvalue weighted by Gasteiger charge is -2.32. The van der Waals surface area contributed by atoms with Crippen LogP contribution in [-0.2, 0) is 11.0 Å². The lowest BCUT2D eigenvalue weighted by atomic mass is 9.96. The Labute approximate surface area is 119 Å². The molecule has 1 saturated heterocycles. The molecule has 0 bridgehead atoms. The molecule has 3 N–H and O–H groups in total. The van der Waals surface area contributed by atoms with E-state index in [0.717, 1.165) is 0 Å². The molecule has 0 aromatic carbocycles. The molecule has 0 aliphatic carbocycles. The molecule has 9 heteroatoms. The van der Waals surface area contributed by atoms with Crippen LogP contribution in [0.5, 0.6) is 0 Å². The van der Waals surface area contributed by atoms with Crippen LogP contribution in [0.4, 0.5) is 24.8 Å². The number of anilines is 2. The molecule has 0 saturated carbocycles. The van der Waals surface area contributed by atoms with Crippen LogP contribution in [0.15, 0.2) is 6.07 Å². The summed E-state index contributed by atoms with van der Waals surface area (Å²) in [7, 11) is 1.56. The van der Waals surface area contributed by atoms with Crippen molar-refractivity contribution in [3.05, 3.63) is 11.9 Å². The van der Waals surface area contributed by atoms with Crippen molar-refractivity contribution in [2.45, 2.75) is 19.0 Å². The molecule has 116 valence electrons. The van der Waals surface area contributed by atoms with Crippen LogP contribution < -0.4 is 16.0 Å². The van der Waals surface area contributed by atoms with Gasteiger partial charge >= 0.3 is 6.18 Å². The van der Waals surface area contributed by atoms with Crippen LogP contribution in [0.25, 0.3) is 0 Å². The summed E-state index contributed by atoms with van der Waals surface area (Å²) >= 11 is 0. The van der Waals surface area contributed by atoms with Crippen molar-refractivity contribution in [2.24, 2.45) is 5.92 Å². The van der Waals surface area contributed by atoms with Gasteiger partial charge in [0.25, 0.3) is 0 Å². The maximum Gasteiger partial charge on any atom is 0.451 e. The average molecular weight is 303 g/mol. The number of nitrogens with two attached hydrogens (primary N) is 1. The van der Waals surface area contributed by atoms with Crippen LogP contribution >= 0.6 is 0 Å². The molecule has 0 spiro atoms. The molecular formula is C12H16F3N5O. The topological polar surface area (TPSA) is 84.1 Å². The van der Waals surface area contributed by atoms with E-state index in [0.29, 0.717) is 25.9 Å². The predicted octanol–water partition coefficient (Wildman–Crippen LogP) is 1.04. The van der Waals surface area contributed by atoms with Crippen LogP contribution in [0.2, 0.25) is 0 Å². The van der Waals surface area contributed by atoms with Crippen molar-refractivity contribution >= 4 is 17.5 Å². The summed E-state index contributed by atoms with van der Waals surface area (Å²) in [5.41, 5.74) is 5.42. The quantitative estimate of drug-likeness (QED) is 0.853. The number of halogens is 3. The average Bonchev–Trinajstić information content (AvgIpc) is 2.45. The van der Waals surface area contributed by atoms with E-state index in [4.69, 9.17) is 5.73 Å². The number of piperidine rings is 1. The number of rotatable bonds is 2. The van der Waals surface area contributed by atoms with Crippen molar-refractivity contribution in [1.29, 1.82) is 0 Å². The van der Waals surface area contributed by atoms with Gasteiger partial charge in [-0.1, -0.05) is 0 Å². The summed E-state index contributed by atoms with van der Waals surface area (Å²) in [5, 5.41) is 2.58. The minimum absolute atomic E-state index is 0.0483. The van der Waals surface area contributed by atoms with Gasteiger partial charge in [-0.25, -0.2) is 9.97 Å². The van der Waals surface area contributed by atoms with Gasteiger partial charge in [-0.3, -0.25) is 4.79 Å². The molecule has 1 amide bonds. The van der Waals surface area contributed by atoms with Gasteiger partial charge in [-0.2, -0.15) is 13.2 Å². The molecule has 1 aliphatic heterocycles. The Hall–Kier alpha value is -2.06. The fourth-order valence-electron chi connectivity index (χ4n) is 2.32. The Morgan fingerprint density at radius 1 is 1.38 bits per heavy atom. The summed E-state index contributed by atoms with van der Waals surface area (Å²) in [4.78, 5) is 19.9. The summed E-state index contributed by atoms with van der Waals surface area (Å²) < 4.78 is 38.0. The van der Waals surface area contributed by atoms with E-state index >= 15 is 0 Å². The SMILES string of the molecule is CNC(=O)C1CCN(c2cc(N)nc(C(F)(F)F)n2)CC1. The van der Waals surface area contributed by atoms with E-state index in [2.05, 4.69) is 15.3 Å². The second-order valence-electron chi connectivity index (χ2n) is 4.85. The Morgan fingerprint density at radius 3 is 2.52 bits per heavy atom. The highest BCUT2D eigenvalue weighted by Crippen LogP contribution is 2.30. The maximum absolute atomic E-state index is 12.7. The Morgan fingerprint density at radius 2 is 2.00 bits per heavy atom. The van der Waals surface area contributed by atoms with Gasteiger partial charge in [0.05, 0.1) is 0 Å². The summed E-state index contributed by atoms with van der Waals surface area (Å²) in [6.45, 7) is 0.900. The molecule has 1 fully saturated rings. The smallest absolute Gasteiger partial charge is 0.384 e. The third kappa shape index (κ3) is 3.53. The minimum atomic E-state index is -4.63. The molecule has 6 nitrogen and oxygen atoms in total. The second-order valence-corrected chi connectivity index (χ2v) is 4.85. The molecule has 0 radical (unpaired) electrons. The minimum Gasteiger partial charge on any atom is -0.384 e. The Balaban J connectivity index is 2.13. The highest BCUT2D eigenvalue weighted by atomic mass is 19.4. The first-order chi connectivity index (χ1) is 9.81. The van der Waals surface area contributed by atoms with Gasteiger partial charge in [-0.15, -0.1) is 0 Å². The Bertz CT molecular complexity index is 526. The lowest BCUT2D eigenvalue weighted by Crippen LogP contribution is -2.40. The molecule has 1 aliphatic rings. The fourth-order valence-corrected chi connectivity index (χ4v) is 2.32. The third-order valence-electron chi connectivity index (χ3n) is 3.42. The van der Waals surface area contributed by atoms with Crippen molar-refractivity contribution in [3.63, 3.8) is 0 Å². The first-order valence-corrected chi connectivity index (χ1v) is 6.49. The van der Waals surface area contributed by atoms with Crippen molar-refractivity contribution in [1.82, 2.24) is 15.3 Å². The molecule has 2 heterocycles. The number of nitrogens with zero attached hydrogens (tertiary/aromatic N) is 3. The van der Waals surface area contributed by atoms with Crippen molar-refractivity contribution in [2.75, 3.05) is 30.8 Å². The number of carbonyl (C=O) groups excluding carboxylic acids is 1. The van der Waals surface area contributed by atoms with E-state index in [1.165, 1.54) is 6.07 Å². The standard InChI is InChI=1S/C12H16F3N5O/c1-17-10(21)7-2-4-20(5-3-7)9-6-8(16)18-11(19-9)12(13,14)15/h6-7H,2-5H2,1H3,(H,17,21)(H2,16,18,19). The first-order valence-electron chi connectivity index (χ1n) is 6.49. The van der Waals surface area contributed by atoms with E-state index in [1.807, 2.05) is 0 Å². The molecule has 21 heavy (non-hydrogen) atoms. The zero-order valence-electron chi connectivity index (χ0n) is 11.4. The largest absolute Gasteiger partial charge is 0.451 e. The van der Waals surface area contributed by atoms with E-state index in [-0.39, 0.29) is 23.5 Å². The number of nitrogens with one attached hydrogen (secondary N) is 1. The zero-order valence-corrected chi connectivity index (χ0v) is 11.4. The van der Waals surface area contributed by atoms with Gasteiger partial charge < -0.3 is 16.0 Å². The summed E-state index contributed by atoms with van der Waals surface area (Å²) in [6, 6.07) is 1.31. The summed E-state index contributed by atoms with van der Waals surface area (Å²) in [6.07, 6.45) is -3.51. The lowest BCUT2D eigenvalue weighted by molar-refractivity contribution is -0.144. The Kier molecular flexibility index (Phi) is 4.19. The van der Waals surface area contributed by atoms with Crippen molar-refractivity contribution < 1.29 is 18.0 Å². The van der Waals surface area contributed by atoms with E-state index in [9.17, 15) is 18.0 Å². The van der Waals surface area contributed by atoms with E-state index in [1.54, 1.807) is 11.9 Å². The molecule has 0 unspecified atom stereocenters. The van der Waals surface area contributed by atoms with Crippen LogP contribution in [0.1, 0.15) is 18.7 Å². The van der Waals surface area contributed by atoms with Crippen LogP contribution in [0, 0.1) is 5.92 Å². The van der Waals surface area contributed by atoms with Gasteiger partial charge in [0.2, 0.25) is 11.7 Å². The number of nitrogen functional groups attached to an aromatic ring is 1. The monoisotopic (exact) mass is 303 g/mol. The molecule has 2 rings (SSSR count). The molecule has 1 aromatic heterocycles. The molecular weight excluding hydrogens is 287 g/mol. The number of hydrogen-bond acceptors (Lipinski definition) is 5. The number of carbonyl (C=O) groups is 1. The van der Waals surface area contributed by atoms with Gasteiger partial charge in [0.15, 0.2) is 0 Å². The van der Waals surface area contributed by atoms with Gasteiger partial charge in [0.1, 0.15) is 11.6 Å². The predicted molar refractivity (Wildman–Crippen MR) is 70.5 cm³/mol. The highest BCUT2D eigenvalue weighted by molar-refractivity contribution is 5.78. The maximum atomic E-state index is 12.7. The van der Waals surface area contributed by atoms with E-state index < -0.39 is 12.0 Å². The molecule has 1 aromatic rings. The fraction of sp³-hybridized carbons (Fsp3) is 0.583. The number of alkyl halides is 3. The number of amides is 1. The highest BCUT2D eigenvalue weighted by Gasteiger charge is 2.36. The first kappa shape index (κ1) is 15.3. The van der Waals surface area contributed by atoms with Crippen molar-refractivity contribution in [3.8, 4) is 0 Å². The number of aromatic nitrogens is 2. The summed E-state index contributed by atoms with van der Waals surface area (Å²) in [5.74, 6) is -1.49. The number of hydrogen-bond donors (Lipinski definition) is 2. The molecule has 0 atom stereocenters. The normalized spacial score (nSPS) is 16.9. The van der Waals surface area contributed by atoms with Crippen LogP contribution in [-0.4, -0.2) is 36.0 Å². The zero-order chi connectivity index (χ0) is 15.6. The van der Waals surface area contributed by atoms with Gasteiger partial charge in [0, 0.05) is 32.1 Å². The third-order valence-corrected chi connectivity index (χ3v) is 3.42. The second kappa shape index (κ2) is 5.74. The van der Waals surface area contributed by atoms with Gasteiger partial charge in [-0.05, 0) is 12.8 Å².